The van der Waals surface area contributed by atoms with Crippen molar-refractivity contribution in [2.45, 2.75) is 42.5 Å². The second-order valence-corrected chi connectivity index (χ2v) is 8.64. The van der Waals surface area contributed by atoms with Gasteiger partial charge in [-0.3, -0.25) is 4.79 Å². The molecule has 1 aliphatic heterocycles. The highest BCUT2D eigenvalue weighted by atomic mass is 32.2. The molecule has 1 amide bonds. The topological polar surface area (TPSA) is 75.7 Å². The Morgan fingerprint density at radius 3 is 2.64 bits per heavy atom. The first-order valence-electron chi connectivity index (χ1n) is 8.46. The molecular formula is C17H26N2O4S2. The number of carbonyl (C=O) groups excluding carboxylic acids is 1. The highest BCUT2D eigenvalue weighted by Crippen LogP contribution is 2.25. The Bertz CT molecular complexity index is 701. The van der Waals surface area contributed by atoms with Gasteiger partial charge in [0.2, 0.25) is 10.0 Å². The molecule has 1 saturated heterocycles. The molecule has 0 unspecified atom stereocenters. The number of thioether (sulfide) groups is 1. The number of hydrogen-bond donors (Lipinski definition) is 1. The second kappa shape index (κ2) is 9.02. The van der Waals surface area contributed by atoms with Gasteiger partial charge in [0, 0.05) is 24.0 Å². The van der Waals surface area contributed by atoms with Gasteiger partial charge in [-0.25, -0.2) is 13.1 Å². The molecule has 6 nitrogen and oxygen atoms in total. The van der Waals surface area contributed by atoms with Gasteiger partial charge < -0.3 is 9.64 Å². The van der Waals surface area contributed by atoms with Crippen LogP contribution in [0.2, 0.25) is 0 Å². The van der Waals surface area contributed by atoms with Crippen molar-refractivity contribution in [3.05, 3.63) is 23.8 Å². The van der Waals surface area contributed by atoms with Crippen molar-refractivity contribution in [2.75, 3.05) is 32.6 Å². The van der Waals surface area contributed by atoms with Crippen molar-refractivity contribution in [3.8, 4) is 0 Å². The minimum atomic E-state index is -3.65. The van der Waals surface area contributed by atoms with E-state index in [0.717, 1.165) is 17.7 Å². The van der Waals surface area contributed by atoms with E-state index >= 15 is 0 Å². The number of hydrogen-bond acceptors (Lipinski definition) is 5. The van der Waals surface area contributed by atoms with Crippen LogP contribution in [0.5, 0.6) is 0 Å². The standard InChI is InChI=1S/C17H26N2O4S2/c1-4-5-13(2)18-25(21,22)14-6-7-16(24-3)15(12-14)17(20)19-8-10-23-11-9-19/h6-7,12-13,18H,4-5,8-11H2,1-3H3/t13-/m0/s1. The van der Waals surface area contributed by atoms with E-state index in [0.29, 0.717) is 31.9 Å². The van der Waals surface area contributed by atoms with Gasteiger partial charge in [0.25, 0.3) is 5.91 Å². The number of sulfonamides is 1. The normalized spacial score (nSPS) is 16.7. The van der Waals surface area contributed by atoms with Crippen LogP contribution in [-0.4, -0.2) is 57.8 Å². The first-order valence-corrected chi connectivity index (χ1v) is 11.2. The van der Waals surface area contributed by atoms with Gasteiger partial charge in [0.05, 0.1) is 23.7 Å². The Morgan fingerprint density at radius 2 is 2.04 bits per heavy atom. The third-order valence-corrected chi connectivity index (χ3v) is 6.47. The first-order chi connectivity index (χ1) is 11.9. The monoisotopic (exact) mass is 386 g/mol. The van der Waals surface area contributed by atoms with Crippen LogP contribution in [0.3, 0.4) is 0 Å². The largest absolute Gasteiger partial charge is 0.378 e. The van der Waals surface area contributed by atoms with E-state index in [9.17, 15) is 13.2 Å². The highest BCUT2D eigenvalue weighted by molar-refractivity contribution is 7.98. The molecule has 8 heteroatoms. The number of nitrogens with one attached hydrogen (secondary N) is 1. The molecule has 0 radical (unpaired) electrons. The zero-order valence-electron chi connectivity index (χ0n) is 14.9. The lowest BCUT2D eigenvalue weighted by atomic mass is 10.2. The zero-order chi connectivity index (χ0) is 18.4. The van der Waals surface area contributed by atoms with Gasteiger partial charge in [0.1, 0.15) is 0 Å². The maximum Gasteiger partial charge on any atom is 0.255 e. The fourth-order valence-electron chi connectivity index (χ4n) is 2.78. The van der Waals surface area contributed by atoms with Gasteiger partial charge in [-0.1, -0.05) is 13.3 Å². The number of benzene rings is 1. The van der Waals surface area contributed by atoms with Crippen LogP contribution in [0, 0.1) is 0 Å². The molecule has 1 aromatic carbocycles. The number of rotatable bonds is 7. The summed E-state index contributed by atoms with van der Waals surface area (Å²) in [5.74, 6) is -0.147. The molecule has 0 aliphatic carbocycles. The molecule has 0 saturated carbocycles. The summed E-state index contributed by atoms with van der Waals surface area (Å²) >= 11 is 1.44. The first kappa shape index (κ1) is 20.2. The summed E-state index contributed by atoms with van der Waals surface area (Å²) in [6.07, 6.45) is 3.54. The summed E-state index contributed by atoms with van der Waals surface area (Å²) in [5.41, 5.74) is 0.431. The van der Waals surface area contributed by atoms with E-state index in [-0.39, 0.29) is 16.8 Å². The van der Waals surface area contributed by atoms with Crippen molar-refractivity contribution in [2.24, 2.45) is 0 Å². The van der Waals surface area contributed by atoms with E-state index in [1.54, 1.807) is 17.0 Å². The van der Waals surface area contributed by atoms with Crippen molar-refractivity contribution >= 4 is 27.7 Å². The molecule has 140 valence electrons. The minimum Gasteiger partial charge on any atom is -0.378 e. The fourth-order valence-corrected chi connectivity index (χ4v) is 4.66. The van der Waals surface area contributed by atoms with Crippen LogP contribution < -0.4 is 4.72 Å². The molecule has 1 atom stereocenters. The second-order valence-electron chi connectivity index (χ2n) is 6.08. The molecule has 2 rings (SSSR count). The van der Waals surface area contributed by atoms with Crippen LogP contribution in [0.15, 0.2) is 28.0 Å². The maximum atomic E-state index is 12.8. The predicted molar refractivity (Wildman–Crippen MR) is 99.6 cm³/mol. The summed E-state index contributed by atoms with van der Waals surface area (Å²) in [5, 5.41) is 0. The van der Waals surface area contributed by atoms with Crippen molar-refractivity contribution in [1.82, 2.24) is 9.62 Å². The average Bonchev–Trinajstić information content (AvgIpc) is 2.61. The molecule has 0 bridgehead atoms. The lowest BCUT2D eigenvalue weighted by Gasteiger charge is -2.27. The Morgan fingerprint density at radius 1 is 1.36 bits per heavy atom. The van der Waals surface area contributed by atoms with Crippen LogP contribution in [0.25, 0.3) is 0 Å². The lowest BCUT2D eigenvalue weighted by Crippen LogP contribution is -2.41. The molecule has 25 heavy (non-hydrogen) atoms. The smallest absolute Gasteiger partial charge is 0.255 e. The van der Waals surface area contributed by atoms with Crippen LogP contribution >= 0.6 is 11.8 Å². The Kier molecular flexibility index (Phi) is 7.30. The van der Waals surface area contributed by atoms with Gasteiger partial charge in [-0.05, 0) is 37.8 Å². The van der Waals surface area contributed by atoms with Gasteiger partial charge >= 0.3 is 0 Å². The summed E-state index contributed by atoms with van der Waals surface area (Å²) in [7, 11) is -3.65. The Hall–Kier alpha value is -1.09. The molecule has 1 aliphatic rings. The zero-order valence-corrected chi connectivity index (χ0v) is 16.6. The molecule has 0 spiro atoms. The Balaban J connectivity index is 2.31. The van der Waals surface area contributed by atoms with Crippen LogP contribution in [0.4, 0.5) is 0 Å². The fraction of sp³-hybridized carbons (Fsp3) is 0.588. The van der Waals surface area contributed by atoms with E-state index in [1.807, 2.05) is 20.1 Å². The van der Waals surface area contributed by atoms with E-state index in [2.05, 4.69) is 4.72 Å². The number of ether oxygens (including phenoxy) is 1. The van der Waals surface area contributed by atoms with Gasteiger partial charge in [-0.15, -0.1) is 11.8 Å². The van der Waals surface area contributed by atoms with E-state index < -0.39 is 10.0 Å². The van der Waals surface area contributed by atoms with Crippen molar-refractivity contribution in [3.63, 3.8) is 0 Å². The molecule has 0 aromatic heterocycles. The maximum absolute atomic E-state index is 12.8. The highest BCUT2D eigenvalue weighted by Gasteiger charge is 2.24. The van der Waals surface area contributed by atoms with Crippen LogP contribution in [-0.2, 0) is 14.8 Å². The van der Waals surface area contributed by atoms with E-state index in [1.165, 1.54) is 17.8 Å². The number of nitrogens with zero attached hydrogens (tertiary/aromatic N) is 1. The molecule has 1 heterocycles. The molecule has 1 aromatic rings. The van der Waals surface area contributed by atoms with Crippen molar-refractivity contribution < 1.29 is 17.9 Å². The van der Waals surface area contributed by atoms with E-state index in [4.69, 9.17) is 4.74 Å². The van der Waals surface area contributed by atoms with Crippen LogP contribution in [0.1, 0.15) is 37.0 Å². The molecular weight excluding hydrogens is 360 g/mol. The average molecular weight is 387 g/mol. The lowest BCUT2D eigenvalue weighted by molar-refractivity contribution is 0.0300. The van der Waals surface area contributed by atoms with Crippen molar-refractivity contribution in [1.29, 1.82) is 0 Å². The quantitative estimate of drug-likeness (QED) is 0.728. The summed E-state index contributed by atoms with van der Waals surface area (Å²) in [6, 6.07) is 4.61. The number of carbonyl (C=O) groups is 1. The third kappa shape index (κ3) is 5.20. The Labute approximate surface area is 154 Å². The number of morpholine rings is 1. The third-order valence-electron chi connectivity index (χ3n) is 4.09. The van der Waals surface area contributed by atoms with Gasteiger partial charge in [0.15, 0.2) is 0 Å². The summed E-state index contributed by atoms with van der Waals surface area (Å²) in [4.78, 5) is 15.4. The number of amides is 1. The minimum absolute atomic E-state index is 0.130. The summed E-state index contributed by atoms with van der Waals surface area (Å²) < 4.78 is 33.2. The van der Waals surface area contributed by atoms with Gasteiger partial charge in [-0.2, -0.15) is 0 Å². The summed E-state index contributed by atoms with van der Waals surface area (Å²) in [6.45, 7) is 5.92. The molecule has 1 fully saturated rings. The SMILES string of the molecule is CCC[C@H](C)NS(=O)(=O)c1ccc(SC)c(C(=O)N2CCOCC2)c1. The predicted octanol–water partition coefficient (Wildman–Crippen LogP) is 2.35. The molecule has 1 N–H and O–H groups in total.